The Morgan fingerprint density at radius 2 is 1.23 bits per heavy atom. The number of ether oxygens (including phenoxy) is 2. The van der Waals surface area contributed by atoms with Crippen LogP contribution in [-0.4, -0.2) is 48.0 Å². The average molecular weight is 431 g/mol. The molecule has 0 aromatic heterocycles. The molecule has 0 saturated carbocycles. The largest absolute Gasteiger partial charge is 0.444 e. The van der Waals surface area contributed by atoms with Crippen LogP contribution in [0.25, 0.3) is 0 Å². The van der Waals surface area contributed by atoms with Gasteiger partial charge in [0.25, 0.3) is 0 Å². The number of ketones is 2. The van der Waals surface area contributed by atoms with Gasteiger partial charge < -0.3 is 20.1 Å². The van der Waals surface area contributed by atoms with Crippen LogP contribution in [0.5, 0.6) is 0 Å². The van der Waals surface area contributed by atoms with Crippen LogP contribution < -0.4 is 10.6 Å². The highest BCUT2D eigenvalue weighted by molar-refractivity contribution is 6.27. The monoisotopic (exact) mass is 430 g/mol. The van der Waals surface area contributed by atoms with Gasteiger partial charge in [-0.2, -0.15) is 0 Å². The van der Waals surface area contributed by atoms with Gasteiger partial charge in [-0.1, -0.05) is 24.3 Å². The molecule has 0 atom stereocenters. The Hall–Kier alpha value is -3.16. The third-order valence-corrected chi connectivity index (χ3v) is 4.18. The smallest absolute Gasteiger partial charge is 0.407 e. The first-order valence-electron chi connectivity index (χ1n) is 10.1. The van der Waals surface area contributed by atoms with Crippen molar-refractivity contribution in [2.45, 2.75) is 59.2 Å². The number of carbonyl (C=O) groups excluding carboxylic acids is 4. The van der Waals surface area contributed by atoms with Gasteiger partial charge in [-0.3, -0.25) is 9.59 Å². The number of alkyl carbamates (subject to hydrolysis) is 2. The van der Waals surface area contributed by atoms with Crippen molar-refractivity contribution in [2.24, 2.45) is 0 Å². The molecule has 2 amide bonds. The van der Waals surface area contributed by atoms with Gasteiger partial charge >= 0.3 is 12.2 Å². The minimum Gasteiger partial charge on any atom is -0.444 e. The van der Waals surface area contributed by atoms with E-state index >= 15 is 0 Å². The van der Waals surface area contributed by atoms with Crippen molar-refractivity contribution in [2.75, 3.05) is 13.1 Å². The number of rotatable bonds is 5. The zero-order valence-corrected chi connectivity index (χ0v) is 18.9. The maximum absolute atomic E-state index is 13.1. The Labute approximate surface area is 182 Å². The summed E-state index contributed by atoms with van der Waals surface area (Å²) in [5.74, 6) is -0.638. The van der Waals surface area contributed by atoms with Crippen LogP contribution in [0, 0.1) is 0 Å². The molecule has 0 spiro atoms. The lowest BCUT2D eigenvalue weighted by Crippen LogP contribution is -2.37. The van der Waals surface area contributed by atoms with Crippen molar-refractivity contribution in [3.05, 3.63) is 46.5 Å². The molecular weight excluding hydrogens is 400 g/mol. The number of hydrogen-bond acceptors (Lipinski definition) is 6. The highest BCUT2D eigenvalue weighted by Gasteiger charge is 2.32. The lowest BCUT2D eigenvalue weighted by Gasteiger charge is -2.23. The molecular formula is C23H30N2O6. The lowest BCUT2D eigenvalue weighted by atomic mass is 9.82. The zero-order valence-electron chi connectivity index (χ0n) is 18.9. The molecule has 168 valence electrons. The molecule has 1 aliphatic carbocycles. The van der Waals surface area contributed by atoms with E-state index in [0.717, 1.165) is 0 Å². The molecule has 2 N–H and O–H groups in total. The summed E-state index contributed by atoms with van der Waals surface area (Å²) in [6.07, 6.45) is -1.19. The van der Waals surface area contributed by atoms with Crippen LogP contribution in [-0.2, 0) is 9.47 Å². The Kier molecular flexibility index (Phi) is 7.25. The first kappa shape index (κ1) is 24.1. The van der Waals surface area contributed by atoms with E-state index in [9.17, 15) is 19.2 Å². The SMILES string of the molecule is CC(C)(C)OC(=O)NCCC1=C(CNC(=O)OC(C)(C)C)C(=O)c2ccccc2C1=O. The highest BCUT2D eigenvalue weighted by Crippen LogP contribution is 2.28. The molecule has 0 aliphatic heterocycles. The quantitative estimate of drug-likeness (QED) is 0.735. The van der Waals surface area contributed by atoms with E-state index in [4.69, 9.17) is 9.47 Å². The summed E-state index contributed by atoms with van der Waals surface area (Å²) in [6.45, 7) is 10.4. The van der Waals surface area contributed by atoms with Gasteiger partial charge in [0.1, 0.15) is 11.2 Å². The standard InChI is InChI=1S/C23H30N2O6/c1-22(2,3)30-20(28)24-12-11-16-17(13-25-21(29)31-23(4,5)6)19(27)15-10-8-7-9-14(15)18(16)26/h7-10H,11-13H2,1-6H3,(H,24,28)(H,25,29). The third-order valence-electron chi connectivity index (χ3n) is 4.18. The van der Waals surface area contributed by atoms with Crippen molar-refractivity contribution >= 4 is 23.8 Å². The van der Waals surface area contributed by atoms with E-state index in [1.54, 1.807) is 65.8 Å². The second-order valence-corrected chi connectivity index (χ2v) is 9.20. The van der Waals surface area contributed by atoms with Crippen LogP contribution in [0.3, 0.4) is 0 Å². The molecule has 0 saturated heterocycles. The van der Waals surface area contributed by atoms with Gasteiger partial charge in [0.2, 0.25) is 0 Å². The van der Waals surface area contributed by atoms with E-state index in [1.165, 1.54) is 0 Å². The van der Waals surface area contributed by atoms with Crippen molar-refractivity contribution in [1.29, 1.82) is 0 Å². The Morgan fingerprint density at radius 1 is 0.774 bits per heavy atom. The molecule has 0 fully saturated rings. The zero-order chi connectivity index (χ0) is 23.4. The van der Waals surface area contributed by atoms with E-state index < -0.39 is 23.4 Å². The maximum Gasteiger partial charge on any atom is 0.407 e. The first-order chi connectivity index (χ1) is 14.3. The van der Waals surface area contributed by atoms with Gasteiger partial charge in [0.05, 0.1) is 6.54 Å². The van der Waals surface area contributed by atoms with E-state index in [0.29, 0.717) is 5.56 Å². The van der Waals surface area contributed by atoms with E-state index in [-0.39, 0.29) is 47.8 Å². The van der Waals surface area contributed by atoms with Gasteiger partial charge in [0, 0.05) is 28.8 Å². The van der Waals surface area contributed by atoms with Crippen LogP contribution in [0.15, 0.2) is 35.4 Å². The van der Waals surface area contributed by atoms with Crippen molar-refractivity contribution in [3.63, 3.8) is 0 Å². The highest BCUT2D eigenvalue weighted by atomic mass is 16.6. The number of hydrogen-bond donors (Lipinski definition) is 2. The second kappa shape index (κ2) is 9.32. The number of amides is 2. The molecule has 0 unspecified atom stereocenters. The van der Waals surface area contributed by atoms with Crippen LogP contribution in [0.1, 0.15) is 68.7 Å². The predicted octanol–water partition coefficient (Wildman–Crippen LogP) is 3.80. The van der Waals surface area contributed by atoms with Crippen molar-refractivity contribution in [3.8, 4) is 0 Å². The average Bonchev–Trinajstić information content (AvgIpc) is 2.62. The minimum absolute atomic E-state index is 0.0986. The Bertz CT molecular complexity index is 919. The Balaban J connectivity index is 2.21. The number of nitrogens with one attached hydrogen (secondary N) is 2. The summed E-state index contributed by atoms with van der Waals surface area (Å²) in [4.78, 5) is 50.0. The molecule has 0 heterocycles. The molecule has 0 bridgehead atoms. The maximum atomic E-state index is 13.1. The van der Waals surface area contributed by atoms with Crippen LogP contribution in [0.2, 0.25) is 0 Å². The first-order valence-corrected chi connectivity index (χ1v) is 10.1. The van der Waals surface area contributed by atoms with Gasteiger partial charge in [-0.15, -0.1) is 0 Å². The topological polar surface area (TPSA) is 111 Å². The Morgan fingerprint density at radius 3 is 1.71 bits per heavy atom. The van der Waals surface area contributed by atoms with Crippen LogP contribution in [0.4, 0.5) is 9.59 Å². The van der Waals surface area contributed by atoms with Crippen molar-refractivity contribution in [1.82, 2.24) is 10.6 Å². The van der Waals surface area contributed by atoms with Crippen molar-refractivity contribution < 1.29 is 28.7 Å². The molecule has 2 rings (SSSR count). The summed E-state index contributed by atoms with van der Waals surface area (Å²) in [5.41, 5.74) is -0.326. The molecule has 31 heavy (non-hydrogen) atoms. The molecule has 8 heteroatoms. The third kappa shape index (κ3) is 6.94. The van der Waals surface area contributed by atoms with Gasteiger partial charge in [-0.25, -0.2) is 9.59 Å². The summed E-state index contributed by atoms with van der Waals surface area (Å²) in [7, 11) is 0. The fourth-order valence-electron chi connectivity index (χ4n) is 3.01. The van der Waals surface area contributed by atoms with Gasteiger partial charge in [-0.05, 0) is 48.0 Å². The van der Waals surface area contributed by atoms with E-state index in [2.05, 4.69) is 10.6 Å². The van der Waals surface area contributed by atoms with Crippen LogP contribution >= 0.6 is 0 Å². The molecule has 0 radical (unpaired) electrons. The number of fused-ring (bicyclic) bond motifs is 1. The second-order valence-electron chi connectivity index (χ2n) is 9.20. The molecule has 8 nitrogen and oxygen atoms in total. The van der Waals surface area contributed by atoms with Gasteiger partial charge in [0.15, 0.2) is 11.6 Å². The fraction of sp³-hybridized carbons (Fsp3) is 0.478. The number of Topliss-reactive ketones (excluding diaryl/α,β-unsaturated/α-hetero) is 2. The summed E-state index contributed by atoms with van der Waals surface area (Å²) in [5, 5.41) is 5.14. The summed E-state index contributed by atoms with van der Waals surface area (Å²) in [6, 6.07) is 6.54. The normalized spacial score (nSPS) is 14.1. The number of carbonyl (C=O) groups is 4. The number of benzene rings is 1. The molecule has 1 aliphatic rings. The minimum atomic E-state index is -0.697. The lowest BCUT2D eigenvalue weighted by molar-refractivity contribution is 0.0519. The molecule has 1 aromatic rings. The summed E-state index contributed by atoms with van der Waals surface area (Å²) < 4.78 is 10.4. The van der Waals surface area contributed by atoms with E-state index in [1.807, 2.05) is 0 Å². The molecule has 1 aromatic carbocycles. The summed E-state index contributed by atoms with van der Waals surface area (Å²) >= 11 is 0. The fourth-order valence-corrected chi connectivity index (χ4v) is 3.01. The predicted molar refractivity (Wildman–Crippen MR) is 115 cm³/mol.